The fourth-order valence-corrected chi connectivity index (χ4v) is 3.30. The number of hydrogen-bond acceptors (Lipinski definition) is 3. The molecule has 2 rings (SSSR count). The zero-order valence-corrected chi connectivity index (χ0v) is 14.9. The number of methoxy groups -OCH3 is 1. The Kier molecular flexibility index (Phi) is 4.37. The van der Waals surface area contributed by atoms with Gasteiger partial charge >= 0.3 is 0 Å². The third kappa shape index (κ3) is 4.12. The number of nitrogens with zero attached hydrogens (tertiary/aromatic N) is 1. The number of rotatable bonds is 4. The normalized spacial score (nSPS) is 12.5. The Bertz CT molecular complexity index is 669. The fourth-order valence-electron chi connectivity index (χ4n) is 3.30. The highest BCUT2D eigenvalue weighted by molar-refractivity contribution is 5.92. The van der Waals surface area contributed by atoms with Crippen LogP contribution in [0.3, 0.4) is 0 Å². The van der Waals surface area contributed by atoms with Crippen molar-refractivity contribution in [2.75, 3.05) is 12.4 Å². The molecule has 0 aliphatic heterocycles. The molecule has 3 nitrogen and oxygen atoms in total. The van der Waals surface area contributed by atoms with E-state index >= 15 is 0 Å². The molecule has 0 spiro atoms. The minimum Gasteiger partial charge on any atom is -0.497 e. The molecule has 0 unspecified atom stereocenters. The fraction of sp³-hybridized carbons (Fsp3) is 0.526. The van der Waals surface area contributed by atoms with E-state index in [9.17, 15) is 0 Å². The zero-order chi connectivity index (χ0) is 16.5. The lowest BCUT2D eigenvalue weighted by atomic mass is 9.81. The molecule has 1 aromatic heterocycles. The van der Waals surface area contributed by atoms with E-state index in [4.69, 9.17) is 4.74 Å². The summed E-state index contributed by atoms with van der Waals surface area (Å²) in [5.74, 6) is 0.856. The molecule has 22 heavy (non-hydrogen) atoms. The van der Waals surface area contributed by atoms with Crippen molar-refractivity contribution in [3.8, 4) is 5.75 Å². The Morgan fingerprint density at radius 3 is 2.36 bits per heavy atom. The van der Waals surface area contributed by atoms with E-state index in [0.717, 1.165) is 34.5 Å². The van der Waals surface area contributed by atoms with Gasteiger partial charge in [0.2, 0.25) is 0 Å². The van der Waals surface area contributed by atoms with Gasteiger partial charge < -0.3 is 10.1 Å². The molecule has 120 valence electrons. The second kappa shape index (κ2) is 5.79. The second-order valence-corrected chi connectivity index (χ2v) is 7.94. The van der Waals surface area contributed by atoms with Gasteiger partial charge in [-0.05, 0) is 56.9 Å². The van der Waals surface area contributed by atoms with Gasteiger partial charge in [0.25, 0.3) is 0 Å². The first-order valence-corrected chi connectivity index (χ1v) is 7.83. The largest absolute Gasteiger partial charge is 0.497 e. The average molecular weight is 300 g/mol. The number of ether oxygens (including phenoxy) is 1. The zero-order valence-electron chi connectivity index (χ0n) is 14.9. The number of nitrogens with one attached hydrogen (secondary N) is 1. The Morgan fingerprint density at radius 2 is 1.77 bits per heavy atom. The molecule has 2 aromatic rings. The summed E-state index contributed by atoms with van der Waals surface area (Å²) in [5.41, 5.74) is 3.41. The average Bonchev–Trinajstić information content (AvgIpc) is 2.34. The first kappa shape index (κ1) is 16.6. The van der Waals surface area contributed by atoms with Crippen molar-refractivity contribution in [3.63, 3.8) is 0 Å². The Labute approximate surface area is 134 Å². The molecule has 0 atom stereocenters. The van der Waals surface area contributed by atoms with Crippen LogP contribution in [0.25, 0.3) is 10.9 Å². The summed E-state index contributed by atoms with van der Waals surface area (Å²) in [4.78, 5) is 4.62. The molecule has 1 heterocycles. The van der Waals surface area contributed by atoms with Crippen LogP contribution in [0.1, 0.15) is 46.7 Å². The van der Waals surface area contributed by atoms with Gasteiger partial charge in [0.1, 0.15) is 5.75 Å². The summed E-state index contributed by atoms with van der Waals surface area (Å²) in [7, 11) is 1.69. The van der Waals surface area contributed by atoms with Crippen LogP contribution in [-0.2, 0) is 0 Å². The van der Waals surface area contributed by atoms with Gasteiger partial charge in [-0.25, -0.2) is 0 Å². The molecule has 0 aliphatic rings. The predicted octanol–water partition coefficient (Wildman–Crippen LogP) is 5.18. The molecule has 0 saturated carbocycles. The van der Waals surface area contributed by atoms with Crippen molar-refractivity contribution in [2.45, 2.75) is 53.5 Å². The third-order valence-corrected chi connectivity index (χ3v) is 3.59. The smallest absolute Gasteiger partial charge is 0.119 e. The highest BCUT2D eigenvalue weighted by Crippen LogP contribution is 2.33. The standard InChI is InChI=1S/C19H28N2O/c1-13-10-17(21-19(5,6)12-18(2,3)4)15-11-14(22-7)8-9-16(15)20-13/h8-11H,12H2,1-7H3,(H,20,21). The molecule has 1 N–H and O–H groups in total. The Morgan fingerprint density at radius 1 is 1.09 bits per heavy atom. The van der Waals surface area contributed by atoms with Gasteiger partial charge in [-0.1, -0.05) is 20.8 Å². The number of benzene rings is 1. The van der Waals surface area contributed by atoms with Crippen molar-refractivity contribution in [2.24, 2.45) is 5.41 Å². The topological polar surface area (TPSA) is 34.1 Å². The first-order chi connectivity index (χ1) is 10.1. The van der Waals surface area contributed by atoms with E-state index in [2.05, 4.69) is 57.1 Å². The van der Waals surface area contributed by atoms with Crippen molar-refractivity contribution < 1.29 is 4.74 Å². The number of pyridine rings is 1. The van der Waals surface area contributed by atoms with E-state index < -0.39 is 0 Å². The van der Waals surface area contributed by atoms with Gasteiger partial charge in [0.15, 0.2) is 0 Å². The molecule has 0 fully saturated rings. The number of aromatic nitrogens is 1. The van der Waals surface area contributed by atoms with Crippen molar-refractivity contribution in [1.29, 1.82) is 0 Å². The maximum Gasteiger partial charge on any atom is 0.119 e. The third-order valence-electron chi connectivity index (χ3n) is 3.59. The SMILES string of the molecule is COc1ccc2nc(C)cc(NC(C)(C)CC(C)(C)C)c2c1. The molecule has 1 aromatic carbocycles. The van der Waals surface area contributed by atoms with Gasteiger partial charge in [-0.15, -0.1) is 0 Å². The monoisotopic (exact) mass is 300 g/mol. The molecular weight excluding hydrogens is 272 g/mol. The van der Waals surface area contributed by atoms with Crippen LogP contribution in [0.2, 0.25) is 0 Å². The van der Waals surface area contributed by atoms with Crippen LogP contribution in [0.5, 0.6) is 5.75 Å². The molecule has 0 radical (unpaired) electrons. The van der Waals surface area contributed by atoms with Crippen LogP contribution >= 0.6 is 0 Å². The van der Waals surface area contributed by atoms with E-state index in [1.54, 1.807) is 7.11 Å². The maximum absolute atomic E-state index is 5.36. The highest BCUT2D eigenvalue weighted by Gasteiger charge is 2.26. The quantitative estimate of drug-likeness (QED) is 0.845. The molecular formula is C19H28N2O. The predicted molar refractivity (Wildman–Crippen MR) is 94.8 cm³/mol. The molecule has 0 bridgehead atoms. The molecule has 0 aliphatic carbocycles. The first-order valence-electron chi connectivity index (χ1n) is 7.83. The van der Waals surface area contributed by atoms with Gasteiger partial charge in [0, 0.05) is 22.3 Å². The summed E-state index contributed by atoms with van der Waals surface area (Å²) >= 11 is 0. The van der Waals surface area contributed by atoms with Crippen molar-refractivity contribution in [1.82, 2.24) is 4.98 Å². The number of fused-ring (bicyclic) bond motifs is 1. The van der Waals surface area contributed by atoms with E-state index in [1.807, 2.05) is 19.1 Å². The van der Waals surface area contributed by atoms with Crippen LogP contribution in [-0.4, -0.2) is 17.6 Å². The molecule has 3 heteroatoms. The summed E-state index contributed by atoms with van der Waals surface area (Å²) in [6.45, 7) is 13.4. The number of anilines is 1. The minimum absolute atomic E-state index is 0.00203. The van der Waals surface area contributed by atoms with Crippen LogP contribution in [0, 0.1) is 12.3 Å². The lowest BCUT2D eigenvalue weighted by Gasteiger charge is -2.34. The van der Waals surface area contributed by atoms with E-state index in [-0.39, 0.29) is 11.0 Å². The van der Waals surface area contributed by atoms with Gasteiger partial charge in [0.05, 0.1) is 12.6 Å². The Balaban J connectivity index is 2.45. The van der Waals surface area contributed by atoms with Crippen molar-refractivity contribution in [3.05, 3.63) is 30.0 Å². The molecule has 0 saturated heterocycles. The molecule has 0 amide bonds. The van der Waals surface area contributed by atoms with Gasteiger partial charge in [-0.3, -0.25) is 4.98 Å². The van der Waals surface area contributed by atoms with E-state index in [0.29, 0.717) is 0 Å². The summed E-state index contributed by atoms with van der Waals surface area (Å²) in [6.07, 6.45) is 1.08. The van der Waals surface area contributed by atoms with Crippen LogP contribution < -0.4 is 10.1 Å². The number of aryl methyl sites for hydroxylation is 1. The summed E-state index contributed by atoms with van der Waals surface area (Å²) in [5, 5.41) is 4.82. The van der Waals surface area contributed by atoms with E-state index in [1.165, 1.54) is 0 Å². The lowest BCUT2D eigenvalue weighted by Crippen LogP contribution is -2.35. The second-order valence-electron chi connectivity index (χ2n) is 7.94. The van der Waals surface area contributed by atoms with Crippen LogP contribution in [0.15, 0.2) is 24.3 Å². The van der Waals surface area contributed by atoms with Crippen molar-refractivity contribution >= 4 is 16.6 Å². The minimum atomic E-state index is 0.00203. The Hall–Kier alpha value is -1.77. The lowest BCUT2D eigenvalue weighted by molar-refractivity contribution is 0.302. The highest BCUT2D eigenvalue weighted by atomic mass is 16.5. The summed E-state index contributed by atoms with van der Waals surface area (Å²) in [6, 6.07) is 8.14. The van der Waals surface area contributed by atoms with Gasteiger partial charge in [-0.2, -0.15) is 0 Å². The summed E-state index contributed by atoms with van der Waals surface area (Å²) < 4.78 is 5.36. The number of hydrogen-bond donors (Lipinski definition) is 1. The maximum atomic E-state index is 5.36. The van der Waals surface area contributed by atoms with Crippen LogP contribution in [0.4, 0.5) is 5.69 Å².